The smallest absolute Gasteiger partial charge is 0.337 e. The van der Waals surface area contributed by atoms with Gasteiger partial charge in [-0.2, -0.15) is 0 Å². The first-order chi connectivity index (χ1) is 9.49. The lowest BCUT2D eigenvalue weighted by molar-refractivity contribution is -0.135. The summed E-state index contributed by atoms with van der Waals surface area (Å²) in [6, 6.07) is 6.02. The summed E-state index contributed by atoms with van der Waals surface area (Å²) in [7, 11) is 2.56. The first-order valence-corrected chi connectivity index (χ1v) is 5.60. The van der Waals surface area contributed by atoms with Gasteiger partial charge in [0.2, 0.25) is 0 Å². The van der Waals surface area contributed by atoms with Gasteiger partial charge >= 0.3 is 11.9 Å². The van der Waals surface area contributed by atoms with Crippen LogP contribution in [0, 0.1) is 0 Å². The summed E-state index contributed by atoms with van der Waals surface area (Å²) in [5, 5.41) is 14.0. The Balaban J connectivity index is 3.14. The van der Waals surface area contributed by atoms with Crippen LogP contribution in [0.3, 0.4) is 0 Å². The highest BCUT2D eigenvalue weighted by atomic mass is 16.5. The number of amides is 1. The van der Waals surface area contributed by atoms with Crippen LogP contribution in [0.15, 0.2) is 36.0 Å². The molecule has 0 heterocycles. The van der Waals surface area contributed by atoms with Crippen molar-refractivity contribution in [2.75, 3.05) is 19.5 Å². The number of rotatable bonds is 5. The predicted octanol–water partition coefficient (Wildman–Crippen LogP) is 0.600. The van der Waals surface area contributed by atoms with Crippen LogP contribution in [0.2, 0.25) is 0 Å². The van der Waals surface area contributed by atoms with E-state index >= 15 is 0 Å². The number of carbonyl (C=O) groups is 3. The summed E-state index contributed by atoms with van der Waals surface area (Å²) in [4.78, 5) is 33.9. The predicted molar refractivity (Wildman–Crippen MR) is 71.2 cm³/mol. The molecule has 1 rings (SSSR count). The van der Waals surface area contributed by atoms with Crippen molar-refractivity contribution in [3.63, 3.8) is 0 Å². The second-order valence-corrected chi connectivity index (χ2v) is 3.64. The average molecular weight is 278 g/mol. The second-order valence-electron chi connectivity index (χ2n) is 3.64. The molecule has 0 saturated carbocycles. The quantitative estimate of drug-likeness (QED) is 0.538. The number of para-hydroxylation sites is 1. The Morgan fingerprint density at radius 1 is 1.25 bits per heavy atom. The maximum Gasteiger partial charge on any atom is 0.337 e. The van der Waals surface area contributed by atoms with Gasteiger partial charge in [-0.1, -0.05) is 12.1 Å². The standard InChI is InChI=1S/C13H14N2O5/c1-14-12(17)10(7-11(16)20-2)15-9-6-4-3-5-8(9)13(18)19/h3-7,15H,1-2H3,(H,14,17)(H,18,19)/b10-7-. The highest BCUT2D eigenvalue weighted by molar-refractivity contribution is 6.03. The van der Waals surface area contributed by atoms with Gasteiger partial charge in [0.15, 0.2) is 0 Å². The molecule has 0 bridgehead atoms. The van der Waals surface area contributed by atoms with Crippen LogP contribution in [0.5, 0.6) is 0 Å². The number of methoxy groups -OCH3 is 1. The number of benzene rings is 1. The average Bonchev–Trinajstić information content (AvgIpc) is 2.45. The Labute approximate surface area is 115 Å². The summed E-state index contributed by atoms with van der Waals surface area (Å²) in [6.45, 7) is 0. The number of anilines is 1. The van der Waals surface area contributed by atoms with Crippen molar-refractivity contribution in [1.29, 1.82) is 0 Å². The zero-order valence-corrected chi connectivity index (χ0v) is 11.0. The number of hydrogen-bond acceptors (Lipinski definition) is 5. The molecule has 0 saturated heterocycles. The Kier molecular flexibility index (Phi) is 5.28. The Bertz CT molecular complexity index is 566. The van der Waals surface area contributed by atoms with Gasteiger partial charge in [-0.25, -0.2) is 9.59 Å². The molecule has 20 heavy (non-hydrogen) atoms. The van der Waals surface area contributed by atoms with E-state index in [1.54, 1.807) is 12.1 Å². The molecule has 3 N–H and O–H groups in total. The molecule has 0 aliphatic rings. The van der Waals surface area contributed by atoms with Gasteiger partial charge in [-0.05, 0) is 12.1 Å². The monoisotopic (exact) mass is 278 g/mol. The van der Waals surface area contributed by atoms with Crippen LogP contribution in [0.25, 0.3) is 0 Å². The lowest BCUT2D eigenvalue weighted by atomic mass is 10.1. The van der Waals surface area contributed by atoms with Gasteiger partial charge in [0.05, 0.1) is 24.4 Å². The number of esters is 1. The van der Waals surface area contributed by atoms with Crippen LogP contribution in [-0.2, 0) is 14.3 Å². The zero-order chi connectivity index (χ0) is 15.1. The normalized spacial score (nSPS) is 10.6. The Hall–Kier alpha value is -2.83. The third-order valence-electron chi connectivity index (χ3n) is 2.36. The Morgan fingerprint density at radius 3 is 2.45 bits per heavy atom. The van der Waals surface area contributed by atoms with E-state index in [0.29, 0.717) is 0 Å². The minimum absolute atomic E-state index is 0.0211. The minimum atomic E-state index is -1.15. The van der Waals surface area contributed by atoms with Crippen molar-refractivity contribution in [3.05, 3.63) is 41.6 Å². The number of carboxylic acids is 1. The van der Waals surface area contributed by atoms with E-state index < -0.39 is 17.8 Å². The van der Waals surface area contributed by atoms with Gasteiger partial charge in [0, 0.05) is 7.05 Å². The highest BCUT2D eigenvalue weighted by Crippen LogP contribution is 2.17. The number of carboxylic acid groups (broad SMARTS) is 1. The van der Waals surface area contributed by atoms with Gasteiger partial charge in [-0.15, -0.1) is 0 Å². The van der Waals surface area contributed by atoms with E-state index in [1.807, 2.05) is 0 Å². The van der Waals surface area contributed by atoms with Crippen LogP contribution in [0.4, 0.5) is 5.69 Å². The molecule has 0 aliphatic carbocycles. The summed E-state index contributed by atoms with van der Waals surface area (Å²) in [5.41, 5.74) is 0.0546. The number of nitrogens with one attached hydrogen (secondary N) is 2. The third kappa shape index (κ3) is 3.84. The van der Waals surface area contributed by atoms with Crippen molar-refractivity contribution in [2.24, 2.45) is 0 Å². The van der Waals surface area contributed by atoms with Crippen molar-refractivity contribution in [3.8, 4) is 0 Å². The van der Waals surface area contributed by atoms with E-state index in [-0.39, 0.29) is 16.9 Å². The fourth-order valence-electron chi connectivity index (χ4n) is 1.39. The van der Waals surface area contributed by atoms with E-state index in [2.05, 4.69) is 15.4 Å². The summed E-state index contributed by atoms with van der Waals surface area (Å²) >= 11 is 0. The lowest BCUT2D eigenvalue weighted by Gasteiger charge is -2.11. The topological polar surface area (TPSA) is 105 Å². The number of aromatic carboxylic acids is 1. The SMILES string of the molecule is CNC(=O)/C(=C/C(=O)OC)Nc1ccccc1C(=O)O. The van der Waals surface area contributed by atoms with Crippen LogP contribution in [0.1, 0.15) is 10.4 Å². The van der Waals surface area contributed by atoms with Crippen LogP contribution in [-0.4, -0.2) is 37.1 Å². The molecule has 1 aromatic rings. The van der Waals surface area contributed by atoms with Gasteiger partial charge in [-0.3, -0.25) is 4.79 Å². The molecule has 0 spiro atoms. The molecule has 0 unspecified atom stereocenters. The largest absolute Gasteiger partial charge is 0.478 e. The molecule has 106 valence electrons. The first kappa shape index (κ1) is 15.2. The molecule has 0 radical (unpaired) electrons. The van der Waals surface area contributed by atoms with Gasteiger partial charge in [0.25, 0.3) is 5.91 Å². The van der Waals surface area contributed by atoms with E-state index in [0.717, 1.165) is 6.08 Å². The number of ether oxygens (including phenoxy) is 1. The van der Waals surface area contributed by atoms with Gasteiger partial charge < -0.3 is 20.5 Å². The number of likely N-dealkylation sites (N-methyl/N-ethyl adjacent to an activating group) is 1. The molecular formula is C13H14N2O5. The molecule has 0 atom stereocenters. The maximum atomic E-state index is 11.7. The molecule has 7 heteroatoms. The van der Waals surface area contributed by atoms with Gasteiger partial charge in [0.1, 0.15) is 5.70 Å². The second kappa shape index (κ2) is 6.93. The zero-order valence-electron chi connectivity index (χ0n) is 11.0. The van der Waals surface area contributed by atoms with Crippen LogP contribution < -0.4 is 10.6 Å². The lowest BCUT2D eigenvalue weighted by Crippen LogP contribution is -2.26. The van der Waals surface area contributed by atoms with Crippen LogP contribution >= 0.6 is 0 Å². The molecule has 0 aromatic heterocycles. The molecule has 0 aliphatic heterocycles. The van der Waals surface area contributed by atoms with Crippen molar-refractivity contribution in [1.82, 2.24) is 5.32 Å². The fraction of sp³-hybridized carbons (Fsp3) is 0.154. The maximum absolute atomic E-state index is 11.7. The Morgan fingerprint density at radius 2 is 1.90 bits per heavy atom. The first-order valence-electron chi connectivity index (χ1n) is 5.60. The van der Waals surface area contributed by atoms with E-state index in [4.69, 9.17) is 5.11 Å². The summed E-state index contributed by atoms with van der Waals surface area (Å²) in [5.74, 6) is -2.46. The van der Waals surface area contributed by atoms with Crippen molar-refractivity contribution < 1.29 is 24.2 Å². The molecule has 1 amide bonds. The molecule has 1 aromatic carbocycles. The molecular weight excluding hydrogens is 264 g/mol. The van der Waals surface area contributed by atoms with Crippen molar-refractivity contribution >= 4 is 23.5 Å². The summed E-state index contributed by atoms with van der Waals surface area (Å²) < 4.78 is 4.44. The van der Waals surface area contributed by atoms with E-state index in [9.17, 15) is 14.4 Å². The highest BCUT2D eigenvalue weighted by Gasteiger charge is 2.15. The third-order valence-corrected chi connectivity index (χ3v) is 2.36. The number of carbonyl (C=O) groups excluding carboxylic acids is 2. The van der Waals surface area contributed by atoms with Crippen molar-refractivity contribution in [2.45, 2.75) is 0 Å². The minimum Gasteiger partial charge on any atom is -0.478 e. The molecule has 7 nitrogen and oxygen atoms in total. The summed E-state index contributed by atoms with van der Waals surface area (Å²) in [6.07, 6.45) is 0.942. The van der Waals surface area contributed by atoms with E-state index in [1.165, 1.54) is 26.3 Å². The molecule has 0 fully saturated rings. The number of hydrogen-bond donors (Lipinski definition) is 3. The fourth-order valence-corrected chi connectivity index (χ4v) is 1.39.